The van der Waals surface area contributed by atoms with Crippen LogP contribution in [-0.2, 0) is 9.84 Å². The second-order valence-electron chi connectivity index (χ2n) is 2.98. The maximum Gasteiger partial charge on any atom is 0.166 e. The monoisotopic (exact) mass is 170 g/mol. The molecule has 0 amide bonds. The molecule has 2 nitrogen and oxygen atoms in total. The van der Waals surface area contributed by atoms with Gasteiger partial charge in [0.25, 0.3) is 0 Å². The Kier molecular flexibility index (Phi) is 1.42. The van der Waals surface area contributed by atoms with Crippen LogP contribution in [0.1, 0.15) is 12.8 Å². The van der Waals surface area contributed by atoms with Crippen molar-refractivity contribution in [1.82, 2.24) is 0 Å². The minimum Gasteiger partial charge on any atom is -0.227 e. The molecule has 0 unspecified atom stereocenters. The molecule has 0 aromatic carbocycles. The molecule has 2 bridgehead atoms. The zero-order chi connectivity index (χ0) is 7.90. The van der Waals surface area contributed by atoms with Gasteiger partial charge < -0.3 is 0 Å². The molecule has 0 aromatic rings. The van der Waals surface area contributed by atoms with Crippen LogP contribution in [0.15, 0.2) is 24.3 Å². The zero-order valence-corrected chi connectivity index (χ0v) is 6.92. The Labute approximate surface area is 66.5 Å². The van der Waals surface area contributed by atoms with Crippen molar-refractivity contribution < 1.29 is 8.42 Å². The van der Waals surface area contributed by atoms with Crippen LogP contribution in [0.2, 0.25) is 0 Å². The van der Waals surface area contributed by atoms with E-state index in [-0.39, 0.29) is 10.5 Å². The third kappa shape index (κ3) is 0.948. The smallest absolute Gasteiger partial charge is 0.166 e. The Morgan fingerprint density at radius 3 is 2.82 bits per heavy atom. The Morgan fingerprint density at radius 2 is 2.00 bits per heavy atom. The summed E-state index contributed by atoms with van der Waals surface area (Å²) in [7, 11) is -2.86. The van der Waals surface area contributed by atoms with Gasteiger partial charge in [0.2, 0.25) is 0 Å². The van der Waals surface area contributed by atoms with E-state index in [4.69, 9.17) is 0 Å². The molecular formula is C8H10O2S. The van der Waals surface area contributed by atoms with Crippen molar-refractivity contribution in [2.24, 2.45) is 0 Å². The Hall–Kier alpha value is -0.570. The summed E-state index contributed by atoms with van der Waals surface area (Å²) in [4.78, 5) is 0. The van der Waals surface area contributed by atoms with Crippen molar-refractivity contribution in [3.8, 4) is 0 Å². The van der Waals surface area contributed by atoms with E-state index in [0.717, 1.165) is 12.8 Å². The van der Waals surface area contributed by atoms with Crippen LogP contribution in [0, 0.1) is 0 Å². The van der Waals surface area contributed by atoms with Gasteiger partial charge in [-0.3, -0.25) is 0 Å². The van der Waals surface area contributed by atoms with Crippen molar-refractivity contribution in [3.63, 3.8) is 0 Å². The minimum atomic E-state index is -2.86. The number of rotatable bonds is 0. The molecule has 0 saturated heterocycles. The first-order chi connectivity index (χ1) is 5.21. The number of hydrogen-bond donors (Lipinski definition) is 0. The van der Waals surface area contributed by atoms with Crippen LogP contribution in [0.25, 0.3) is 0 Å². The summed E-state index contributed by atoms with van der Waals surface area (Å²) >= 11 is 0. The fraction of sp³-hybridized carbons (Fsp3) is 0.500. The fourth-order valence-corrected chi connectivity index (χ4v) is 3.40. The third-order valence-corrected chi connectivity index (χ3v) is 4.57. The molecule has 0 spiro atoms. The molecular weight excluding hydrogens is 160 g/mol. The molecule has 2 rings (SSSR count). The number of sulfone groups is 1. The first-order valence-electron chi connectivity index (χ1n) is 3.79. The summed E-state index contributed by atoms with van der Waals surface area (Å²) in [5.74, 6) is 0. The first kappa shape index (κ1) is 7.10. The molecule has 2 aliphatic rings. The van der Waals surface area contributed by atoms with Crippen LogP contribution in [0.5, 0.6) is 0 Å². The quantitative estimate of drug-likeness (QED) is 0.509. The SMILES string of the molecule is O=S1(=O)[C@H]2C=CCC[C@@H]1C=C2. The van der Waals surface area contributed by atoms with E-state index in [1.165, 1.54) is 0 Å². The maximum absolute atomic E-state index is 11.5. The zero-order valence-electron chi connectivity index (χ0n) is 6.10. The Morgan fingerprint density at radius 1 is 1.18 bits per heavy atom. The summed E-state index contributed by atoms with van der Waals surface area (Å²) in [5.41, 5.74) is 0. The highest BCUT2D eigenvalue weighted by atomic mass is 32.2. The number of allylic oxidation sites excluding steroid dienone is 1. The third-order valence-electron chi connectivity index (χ3n) is 2.26. The van der Waals surface area contributed by atoms with Gasteiger partial charge in [0.05, 0.1) is 10.5 Å². The average Bonchev–Trinajstić information content (AvgIpc) is 2.00. The minimum absolute atomic E-state index is 0.206. The van der Waals surface area contributed by atoms with Crippen molar-refractivity contribution in [3.05, 3.63) is 24.3 Å². The second kappa shape index (κ2) is 2.21. The number of fused-ring (bicyclic) bond motifs is 2. The van der Waals surface area contributed by atoms with Gasteiger partial charge >= 0.3 is 0 Å². The highest BCUT2D eigenvalue weighted by Crippen LogP contribution is 2.27. The largest absolute Gasteiger partial charge is 0.227 e. The highest BCUT2D eigenvalue weighted by molar-refractivity contribution is 7.93. The van der Waals surface area contributed by atoms with Gasteiger partial charge in [0.1, 0.15) is 0 Å². The van der Waals surface area contributed by atoms with Crippen LogP contribution in [-0.4, -0.2) is 18.9 Å². The second-order valence-corrected chi connectivity index (χ2v) is 5.31. The van der Waals surface area contributed by atoms with Gasteiger partial charge in [0.15, 0.2) is 9.84 Å². The van der Waals surface area contributed by atoms with Crippen molar-refractivity contribution >= 4 is 9.84 Å². The van der Waals surface area contributed by atoms with Gasteiger partial charge in [-0.1, -0.05) is 24.3 Å². The summed E-state index contributed by atoms with van der Waals surface area (Å²) in [5, 5.41) is -0.530. The Balaban J connectivity index is 2.50. The molecule has 0 saturated carbocycles. The van der Waals surface area contributed by atoms with Crippen molar-refractivity contribution in [2.45, 2.75) is 23.3 Å². The molecule has 2 atom stereocenters. The van der Waals surface area contributed by atoms with Crippen LogP contribution in [0.4, 0.5) is 0 Å². The van der Waals surface area contributed by atoms with E-state index < -0.39 is 9.84 Å². The Bertz CT molecular complexity index is 311. The molecule has 2 aliphatic heterocycles. The van der Waals surface area contributed by atoms with E-state index in [0.29, 0.717) is 0 Å². The van der Waals surface area contributed by atoms with E-state index in [1.54, 1.807) is 12.2 Å². The van der Waals surface area contributed by atoms with Gasteiger partial charge in [-0.15, -0.1) is 0 Å². The summed E-state index contributed by atoms with van der Waals surface area (Å²) in [6, 6.07) is 0. The van der Waals surface area contributed by atoms with Crippen molar-refractivity contribution in [1.29, 1.82) is 0 Å². The standard InChI is InChI=1S/C8H10O2S/c9-11(10)7-3-1-2-4-8(11)6-5-7/h1,3,5-8H,2,4H2/t7-,8+/m0/s1. The van der Waals surface area contributed by atoms with E-state index >= 15 is 0 Å². The molecule has 60 valence electrons. The molecule has 11 heavy (non-hydrogen) atoms. The van der Waals surface area contributed by atoms with E-state index in [1.807, 2.05) is 12.2 Å². The normalized spacial score (nSPS) is 38.9. The summed E-state index contributed by atoms with van der Waals surface area (Å²) in [6.07, 6.45) is 9.01. The lowest BCUT2D eigenvalue weighted by Crippen LogP contribution is -2.20. The molecule has 0 aromatic heterocycles. The van der Waals surface area contributed by atoms with Crippen LogP contribution in [0.3, 0.4) is 0 Å². The van der Waals surface area contributed by atoms with E-state index in [2.05, 4.69) is 0 Å². The first-order valence-corrected chi connectivity index (χ1v) is 5.40. The molecule has 2 heterocycles. The number of hydrogen-bond acceptors (Lipinski definition) is 2. The van der Waals surface area contributed by atoms with E-state index in [9.17, 15) is 8.42 Å². The summed E-state index contributed by atoms with van der Waals surface area (Å²) in [6.45, 7) is 0. The topological polar surface area (TPSA) is 34.1 Å². The molecule has 0 aliphatic carbocycles. The maximum atomic E-state index is 11.5. The van der Waals surface area contributed by atoms with Gasteiger partial charge in [-0.05, 0) is 12.8 Å². The highest BCUT2D eigenvalue weighted by Gasteiger charge is 2.35. The lowest BCUT2D eigenvalue weighted by molar-refractivity contribution is 0.588. The average molecular weight is 170 g/mol. The predicted molar refractivity (Wildman–Crippen MR) is 44.0 cm³/mol. The van der Waals surface area contributed by atoms with Gasteiger partial charge in [0, 0.05) is 0 Å². The molecule has 0 N–H and O–H groups in total. The predicted octanol–water partition coefficient (Wildman–Crippen LogP) is 1.06. The van der Waals surface area contributed by atoms with Gasteiger partial charge in [-0.2, -0.15) is 0 Å². The molecule has 3 heteroatoms. The fourth-order valence-electron chi connectivity index (χ4n) is 1.58. The molecule has 0 radical (unpaired) electrons. The lowest BCUT2D eigenvalue weighted by Gasteiger charge is -2.06. The van der Waals surface area contributed by atoms with Crippen molar-refractivity contribution in [2.75, 3.05) is 0 Å². The van der Waals surface area contributed by atoms with Crippen LogP contribution >= 0.6 is 0 Å². The lowest BCUT2D eigenvalue weighted by atomic mass is 10.1. The molecule has 0 fully saturated rings. The van der Waals surface area contributed by atoms with Gasteiger partial charge in [-0.25, -0.2) is 8.42 Å². The van der Waals surface area contributed by atoms with Crippen LogP contribution < -0.4 is 0 Å². The summed E-state index contributed by atoms with van der Waals surface area (Å²) < 4.78 is 23.0.